The molecule has 0 radical (unpaired) electrons. The highest BCUT2D eigenvalue weighted by Gasteiger charge is 2.21. The third kappa shape index (κ3) is 4.78. The second kappa shape index (κ2) is 9.95. The second-order valence-electron chi connectivity index (χ2n) is 7.66. The summed E-state index contributed by atoms with van der Waals surface area (Å²) in [5, 5.41) is 11.9. The van der Waals surface area contributed by atoms with Crippen LogP contribution in [0.15, 0.2) is 60.4 Å². The molecule has 0 saturated carbocycles. The van der Waals surface area contributed by atoms with E-state index in [-0.39, 0.29) is 0 Å². The zero-order valence-electron chi connectivity index (χ0n) is 17.7. The van der Waals surface area contributed by atoms with E-state index in [9.17, 15) is 0 Å². The van der Waals surface area contributed by atoms with Crippen LogP contribution in [0, 0.1) is 0 Å². The average Bonchev–Trinajstić information content (AvgIpc) is 2.99. The molecule has 4 rings (SSSR count). The third-order valence-electron chi connectivity index (χ3n) is 5.59. The van der Waals surface area contributed by atoms with Gasteiger partial charge in [0.05, 0.1) is 32.3 Å². The van der Waals surface area contributed by atoms with Crippen LogP contribution in [0.3, 0.4) is 0 Å². The number of nitrogens with one attached hydrogen (secondary N) is 3. The summed E-state index contributed by atoms with van der Waals surface area (Å²) in [4.78, 5) is 0. The van der Waals surface area contributed by atoms with E-state index in [0.29, 0.717) is 34.0 Å². The predicted octanol–water partition coefficient (Wildman–Crippen LogP) is 6.98. The zero-order valence-corrected chi connectivity index (χ0v) is 20.0. The Morgan fingerprint density at radius 2 is 1.78 bits per heavy atom. The van der Waals surface area contributed by atoms with E-state index in [0.717, 1.165) is 46.6 Å². The van der Waals surface area contributed by atoms with Crippen molar-refractivity contribution in [1.29, 1.82) is 0 Å². The van der Waals surface area contributed by atoms with Gasteiger partial charge in [-0.15, -0.1) is 0 Å². The molecule has 0 unspecified atom stereocenters. The number of fused-ring (bicyclic) bond motifs is 2. The molecule has 32 heavy (non-hydrogen) atoms. The van der Waals surface area contributed by atoms with E-state index >= 15 is 0 Å². The molecule has 0 bridgehead atoms. The van der Waals surface area contributed by atoms with Crippen LogP contribution in [0.5, 0.6) is 0 Å². The first-order chi connectivity index (χ1) is 15.5. The summed E-state index contributed by atoms with van der Waals surface area (Å²) in [6.45, 7) is 3.18. The molecule has 0 saturated heterocycles. The van der Waals surface area contributed by atoms with Crippen molar-refractivity contribution in [3.63, 3.8) is 0 Å². The van der Waals surface area contributed by atoms with E-state index in [1.807, 2.05) is 37.3 Å². The van der Waals surface area contributed by atoms with Gasteiger partial charge in [-0.3, -0.25) is 0 Å². The number of halogens is 3. The van der Waals surface area contributed by atoms with Gasteiger partial charge in [-0.25, -0.2) is 0 Å². The third-order valence-corrected chi connectivity index (χ3v) is 6.70. The summed E-state index contributed by atoms with van der Waals surface area (Å²) in [5.41, 5.74) is 13.1. The highest BCUT2D eigenvalue weighted by molar-refractivity contribution is 6.42. The Balaban J connectivity index is 1.76. The molecule has 3 aromatic carbocycles. The van der Waals surface area contributed by atoms with Gasteiger partial charge < -0.3 is 21.7 Å². The van der Waals surface area contributed by atoms with Crippen LogP contribution >= 0.6 is 34.8 Å². The summed E-state index contributed by atoms with van der Waals surface area (Å²) in [6, 6.07) is 16.2. The number of rotatable bonds is 6. The van der Waals surface area contributed by atoms with Gasteiger partial charge in [0.2, 0.25) is 0 Å². The van der Waals surface area contributed by atoms with E-state index in [1.165, 1.54) is 5.56 Å². The minimum absolute atomic E-state index is 0.509. The van der Waals surface area contributed by atoms with Crippen LogP contribution in [0.25, 0.3) is 11.1 Å². The summed E-state index contributed by atoms with van der Waals surface area (Å²) < 4.78 is 0. The van der Waals surface area contributed by atoms with Crippen molar-refractivity contribution >= 4 is 51.9 Å². The van der Waals surface area contributed by atoms with Gasteiger partial charge in [0.15, 0.2) is 0 Å². The van der Waals surface area contributed by atoms with Crippen LogP contribution < -0.4 is 21.7 Å². The van der Waals surface area contributed by atoms with Gasteiger partial charge in [0.1, 0.15) is 0 Å². The van der Waals surface area contributed by atoms with Crippen molar-refractivity contribution < 1.29 is 0 Å². The predicted molar refractivity (Wildman–Crippen MR) is 138 cm³/mol. The Morgan fingerprint density at radius 3 is 2.56 bits per heavy atom. The Labute approximate surface area is 203 Å². The maximum absolute atomic E-state index is 7.02. The van der Waals surface area contributed by atoms with Gasteiger partial charge in [-0.2, -0.15) is 0 Å². The highest BCUT2D eigenvalue weighted by Crippen LogP contribution is 2.45. The lowest BCUT2D eigenvalue weighted by Gasteiger charge is -2.21. The van der Waals surface area contributed by atoms with Crippen molar-refractivity contribution in [2.24, 2.45) is 5.73 Å². The molecule has 0 aliphatic carbocycles. The molecule has 5 N–H and O–H groups in total. The summed E-state index contributed by atoms with van der Waals surface area (Å²) in [5.74, 6) is 0.641. The summed E-state index contributed by atoms with van der Waals surface area (Å²) in [7, 11) is 0. The lowest BCUT2D eigenvalue weighted by atomic mass is 9.96. The van der Waals surface area contributed by atoms with Crippen molar-refractivity contribution in [3.05, 3.63) is 86.6 Å². The molecule has 7 heteroatoms. The molecule has 1 heterocycles. The standard InChI is InChI=1S/C25H25Cl3N4/c1-2-22(29)30-11-12-31-25-18(16-9-10-19(26)20(27)14-16)13-17-8-7-15-5-3-4-6-21(15)32-24(17)23(25)28/h2-6,9-10,13-14,30-32H,7-8,11-12,29H2,1H3/b22-2+. The maximum atomic E-state index is 7.02. The monoisotopic (exact) mass is 486 g/mol. The first-order valence-electron chi connectivity index (χ1n) is 10.5. The van der Waals surface area contributed by atoms with Gasteiger partial charge in [0.25, 0.3) is 0 Å². The highest BCUT2D eigenvalue weighted by atomic mass is 35.5. The summed E-state index contributed by atoms with van der Waals surface area (Å²) >= 11 is 19.5. The Bertz CT molecular complexity index is 1170. The minimum atomic E-state index is 0.509. The molecule has 1 aliphatic rings. The van der Waals surface area contributed by atoms with Gasteiger partial charge in [-0.05, 0) is 66.8 Å². The smallest absolute Gasteiger partial charge is 0.0916 e. The molecule has 1 aliphatic heterocycles. The van der Waals surface area contributed by atoms with Crippen molar-refractivity contribution in [1.82, 2.24) is 5.32 Å². The van der Waals surface area contributed by atoms with E-state index < -0.39 is 0 Å². The quantitative estimate of drug-likeness (QED) is 0.283. The largest absolute Gasteiger partial charge is 0.386 e. The number of hydrogen-bond acceptors (Lipinski definition) is 4. The van der Waals surface area contributed by atoms with Crippen molar-refractivity contribution in [2.45, 2.75) is 19.8 Å². The van der Waals surface area contributed by atoms with Gasteiger partial charge in [0, 0.05) is 24.3 Å². The minimum Gasteiger partial charge on any atom is -0.386 e. The first kappa shape index (κ1) is 22.7. The van der Waals surface area contributed by atoms with Crippen molar-refractivity contribution in [3.8, 4) is 11.1 Å². The molecule has 0 spiro atoms. The number of nitrogens with two attached hydrogens (primary N) is 1. The number of hydrogen-bond donors (Lipinski definition) is 4. The van der Waals surface area contributed by atoms with Crippen LogP contribution in [-0.4, -0.2) is 13.1 Å². The Morgan fingerprint density at radius 1 is 1.00 bits per heavy atom. The molecule has 4 nitrogen and oxygen atoms in total. The molecule has 0 aromatic heterocycles. The molecular formula is C25H25Cl3N4. The number of aryl methyl sites for hydroxylation is 2. The van der Waals surface area contributed by atoms with E-state index in [2.05, 4.69) is 40.2 Å². The van der Waals surface area contributed by atoms with Crippen LogP contribution in [-0.2, 0) is 12.8 Å². The molecule has 166 valence electrons. The second-order valence-corrected chi connectivity index (χ2v) is 8.85. The Hall–Kier alpha value is -2.53. The van der Waals surface area contributed by atoms with Crippen LogP contribution in [0.4, 0.5) is 17.1 Å². The number of anilines is 3. The zero-order chi connectivity index (χ0) is 22.7. The normalized spacial score (nSPS) is 12.9. The Kier molecular flexibility index (Phi) is 7.04. The fraction of sp³-hybridized carbons (Fsp3) is 0.200. The van der Waals surface area contributed by atoms with Crippen LogP contribution in [0.1, 0.15) is 18.1 Å². The van der Waals surface area contributed by atoms with Gasteiger partial charge in [-0.1, -0.05) is 59.1 Å². The average molecular weight is 488 g/mol. The molecule has 0 atom stereocenters. The summed E-state index contributed by atoms with van der Waals surface area (Å²) in [6.07, 6.45) is 3.65. The lowest BCUT2D eigenvalue weighted by Crippen LogP contribution is -2.26. The number of allylic oxidation sites excluding steroid dienone is 1. The molecule has 3 aromatic rings. The van der Waals surface area contributed by atoms with E-state index in [4.69, 9.17) is 40.5 Å². The topological polar surface area (TPSA) is 62.1 Å². The SMILES string of the molecule is C/C=C(\N)NCCNc1c(-c2ccc(Cl)c(Cl)c2)cc2c(c1Cl)Nc1ccccc1CC2. The van der Waals surface area contributed by atoms with E-state index in [1.54, 1.807) is 0 Å². The fourth-order valence-corrected chi connectivity index (χ4v) is 4.50. The lowest BCUT2D eigenvalue weighted by molar-refractivity contribution is 0.805. The number of benzene rings is 3. The molecular weight excluding hydrogens is 463 g/mol. The fourth-order valence-electron chi connectivity index (χ4n) is 3.86. The number of para-hydroxylation sites is 1. The molecule has 0 fully saturated rings. The first-order valence-corrected chi connectivity index (χ1v) is 11.7. The van der Waals surface area contributed by atoms with Gasteiger partial charge >= 0.3 is 0 Å². The van der Waals surface area contributed by atoms with Crippen LogP contribution in [0.2, 0.25) is 15.1 Å². The molecule has 0 amide bonds. The maximum Gasteiger partial charge on any atom is 0.0916 e. The van der Waals surface area contributed by atoms with Crippen molar-refractivity contribution in [2.75, 3.05) is 23.7 Å².